The van der Waals surface area contributed by atoms with E-state index in [1.165, 1.54) is 98.1 Å². The van der Waals surface area contributed by atoms with E-state index in [4.69, 9.17) is 0 Å². The lowest BCUT2D eigenvalue weighted by atomic mass is 9.93. The van der Waals surface area contributed by atoms with E-state index in [-0.39, 0.29) is 0 Å². The van der Waals surface area contributed by atoms with Crippen molar-refractivity contribution in [2.75, 3.05) is 0 Å². The summed E-state index contributed by atoms with van der Waals surface area (Å²) in [7, 11) is 0. The van der Waals surface area contributed by atoms with Gasteiger partial charge in [0.05, 0.1) is 22.1 Å². The molecule has 0 aliphatic rings. The van der Waals surface area contributed by atoms with Crippen LogP contribution in [0.25, 0.3) is 98.1 Å². The Morgan fingerprint density at radius 1 is 0.271 bits per heavy atom. The lowest BCUT2D eigenvalue weighted by Gasteiger charge is -2.14. The molecule has 0 radical (unpaired) electrons. The van der Waals surface area contributed by atoms with Gasteiger partial charge in [0.2, 0.25) is 0 Å². The summed E-state index contributed by atoms with van der Waals surface area (Å²) >= 11 is 0. The Morgan fingerprint density at radius 3 is 1.65 bits per heavy atom. The summed E-state index contributed by atoms with van der Waals surface area (Å²) in [6.45, 7) is 0. The minimum absolute atomic E-state index is 1.17. The molecule has 2 heterocycles. The average Bonchev–Trinajstić information content (AvgIpc) is 3.68. The molecule has 0 fully saturated rings. The van der Waals surface area contributed by atoms with E-state index in [1.807, 2.05) is 0 Å². The highest BCUT2D eigenvalue weighted by atomic mass is 15.0. The lowest BCUT2D eigenvalue weighted by Crippen LogP contribution is -1.96. The maximum atomic E-state index is 2.51. The zero-order valence-corrected chi connectivity index (χ0v) is 26.1. The summed E-state index contributed by atoms with van der Waals surface area (Å²) in [6.07, 6.45) is 0. The quantitative estimate of drug-likeness (QED) is 0.173. The van der Waals surface area contributed by atoms with E-state index < -0.39 is 0 Å². The maximum Gasteiger partial charge on any atom is 0.0625 e. The molecular weight excluding hydrogens is 581 g/mol. The Labute approximate surface area is 276 Å². The number of benzene rings is 9. The second kappa shape index (κ2) is 9.57. The monoisotopic (exact) mass is 608 g/mol. The van der Waals surface area contributed by atoms with Crippen LogP contribution in [0.5, 0.6) is 0 Å². The molecule has 2 aromatic heterocycles. The summed E-state index contributed by atoms with van der Waals surface area (Å²) in [6, 6.07) is 62.4. The van der Waals surface area contributed by atoms with Crippen molar-refractivity contribution in [1.82, 2.24) is 9.13 Å². The molecule has 11 aromatic rings. The minimum Gasteiger partial charge on any atom is -0.309 e. The molecular formula is C46H28N2. The second-order valence-electron chi connectivity index (χ2n) is 12.9. The number of rotatable bonds is 2. The molecule has 0 aliphatic heterocycles. The fourth-order valence-corrected chi connectivity index (χ4v) is 8.47. The molecule has 11 rings (SSSR count). The number of para-hydroxylation sites is 2. The Balaban J connectivity index is 1.32. The number of aromatic nitrogens is 2. The molecule has 0 saturated carbocycles. The van der Waals surface area contributed by atoms with Crippen molar-refractivity contribution in [2.45, 2.75) is 0 Å². The number of hydrogen-bond acceptors (Lipinski definition) is 0. The van der Waals surface area contributed by atoms with Crippen LogP contribution in [-0.2, 0) is 0 Å². The smallest absolute Gasteiger partial charge is 0.0625 e. The van der Waals surface area contributed by atoms with Gasteiger partial charge in [-0.05, 0) is 68.7 Å². The highest BCUT2D eigenvalue weighted by Crippen LogP contribution is 2.45. The predicted octanol–water partition coefficient (Wildman–Crippen LogP) is 12.5. The van der Waals surface area contributed by atoms with E-state index in [0.29, 0.717) is 0 Å². The fourth-order valence-electron chi connectivity index (χ4n) is 8.47. The fraction of sp³-hybridized carbons (Fsp3) is 0. The van der Waals surface area contributed by atoms with Gasteiger partial charge in [-0.2, -0.15) is 0 Å². The first kappa shape index (κ1) is 25.8. The molecule has 0 spiro atoms. The van der Waals surface area contributed by atoms with Crippen LogP contribution in [0.2, 0.25) is 0 Å². The molecule has 0 aliphatic carbocycles. The molecule has 48 heavy (non-hydrogen) atoms. The van der Waals surface area contributed by atoms with Crippen LogP contribution < -0.4 is 0 Å². The first-order valence-electron chi connectivity index (χ1n) is 16.6. The zero-order valence-electron chi connectivity index (χ0n) is 26.1. The largest absolute Gasteiger partial charge is 0.309 e. The third-order valence-electron chi connectivity index (χ3n) is 10.4. The van der Waals surface area contributed by atoms with Crippen LogP contribution in [-0.4, -0.2) is 9.13 Å². The zero-order chi connectivity index (χ0) is 31.3. The van der Waals surface area contributed by atoms with Gasteiger partial charge in [-0.15, -0.1) is 0 Å². The Hall–Kier alpha value is -6.38. The van der Waals surface area contributed by atoms with Gasteiger partial charge in [0.25, 0.3) is 0 Å². The van der Waals surface area contributed by atoms with Gasteiger partial charge in [-0.3, -0.25) is 0 Å². The lowest BCUT2D eigenvalue weighted by molar-refractivity contribution is 1.17. The standard InChI is InChI=1S/C46H28N2/c1-2-14-31(15-3-1)47-42-27-24-32(28-40(42)37-25-22-30-13-5-7-17-34(30)45(37)47)48-41-21-11-10-20-38(41)44-39-26-23-29-12-4-6-16-33(29)43(39)35-18-8-9-19-36(35)46(44)48/h1-28H. The van der Waals surface area contributed by atoms with Crippen molar-refractivity contribution in [2.24, 2.45) is 0 Å². The molecule has 2 heteroatoms. The molecule has 222 valence electrons. The molecule has 0 saturated heterocycles. The van der Waals surface area contributed by atoms with Crippen LogP contribution in [0.4, 0.5) is 0 Å². The van der Waals surface area contributed by atoms with Gasteiger partial charge >= 0.3 is 0 Å². The molecule has 0 atom stereocenters. The van der Waals surface area contributed by atoms with E-state index >= 15 is 0 Å². The van der Waals surface area contributed by atoms with Gasteiger partial charge in [0.15, 0.2) is 0 Å². The number of nitrogens with zero attached hydrogens (tertiary/aromatic N) is 2. The van der Waals surface area contributed by atoms with Crippen molar-refractivity contribution < 1.29 is 0 Å². The van der Waals surface area contributed by atoms with Crippen molar-refractivity contribution in [3.8, 4) is 11.4 Å². The van der Waals surface area contributed by atoms with Crippen molar-refractivity contribution in [1.29, 1.82) is 0 Å². The normalized spacial score (nSPS) is 12.2. The van der Waals surface area contributed by atoms with Crippen LogP contribution in [0.15, 0.2) is 170 Å². The topological polar surface area (TPSA) is 9.86 Å². The minimum atomic E-state index is 1.17. The van der Waals surface area contributed by atoms with Gasteiger partial charge in [-0.1, -0.05) is 133 Å². The van der Waals surface area contributed by atoms with E-state index in [9.17, 15) is 0 Å². The van der Waals surface area contributed by atoms with Gasteiger partial charge in [-0.25, -0.2) is 0 Å². The highest BCUT2D eigenvalue weighted by molar-refractivity contribution is 6.36. The molecule has 0 bridgehead atoms. The van der Waals surface area contributed by atoms with Crippen LogP contribution in [0, 0.1) is 0 Å². The average molecular weight is 609 g/mol. The van der Waals surface area contributed by atoms with E-state index in [0.717, 1.165) is 0 Å². The Morgan fingerprint density at radius 2 is 0.833 bits per heavy atom. The molecule has 0 unspecified atom stereocenters. The van der Waals surface area contributed by atoms with Crippen molar-refractivity contribution in [3.05, 3.63) is 170 Å². The summed E-state index contributed by atoms with van der Waals surface area (Å²) in [4.78, 5) is 0. The highest BCUT2D eigenvalue weighted by Gasteiger charge is 2.21. The maximum absolute atomic E-state index is 2.51. The summed E-state index contributed by atoms with van der Waals surface area (Å²) in [5, 5.41) is 15.3. The molecule has 0 amide bonds. The number of hydrogen-bond donors (Lipinski definition) is 0. The first-order chi connectivity index (χ1) is 23.8. The summed E-state index contributed by atoms with van der Waals surface area (Å²) in [5.41, 5.74) is 7.26. The third kappa shape index (κ3) is 3.36. The van der Waals surface area contributed by atoms with E-state index in [2.05, 4.69) is 179 Å². The van der Waals surface area contributed by atoms with Crippen molar-refractivity contribution in [3.63, 3.8) is 0 Å². The second-order valence-corrected chi connectivity index (χ2v) is 12.9. The van der Waals surface area contributed by atoms with Gasteiger partial charge in [0, 0.05) is 43.7 Å². The number of fused-ring (bicyclic) bond motifs is 15. The molecule has 2 nitrogen and oxygen atoms in total. The van der Waals surface area contributed by atoms with Gasteiger partial charge in [0.1, 0.15) is 0 Å². The third-order valence-corrected chi connectivity index (χ3v) is 10.4. The van der Waals surface area contributed by atoms with Crippen molar-refractivity contribution >= 4 is 86.7 Å². The van der Waals surface area contributed by atoms with E-state index in [1.54, 1.807) is 0 Å². The SMILES string of the molecule is c1ccc(-n2c3ccc(-n4c5ccccc5c5c6ccc7ccccc7c6c6ccccc6c54)cc3c3ccc4ccccc4c32)cc1. The predicted molar refractivity (Wildman–Crippen MR) is 205 cm³/mol. The van der Waals surface area contributed by atoms with Crippen LogP contribution in [0.1, 0.15) is 0 Å². The first-order valence-corrected chi connectivity index (χ1v) is 16.6. The van der Waals surface area contributed by atoms with Gasteiger partial charge < -0.3 is 9.13 Å². The molecule has 0 N–H and O–H groups in total. The van der Waals surface area contributed by atoms with Crippen LogP contribution in [0.3, 0.4) is 0 Å². The Kier molecular flexibility index (Phi) is 5.14. The summed E-state index contributed by atoms with van der Waals surface area (Å²) < 4.78 is 4.95. The Bertz CT molecular complexity index is 3100. The van der Waals surface area contributed by atoms with Crippen LogP contribution >= 0.6 is 0 Å². The molecule has 9 aromatic carbocycles. The summed E-state index contributed by atoms with van der Waals surface area (Å²) in [5.74, 6) is 0.